The fourth-order valence-corrected chi connectivity index (χ4v) is 1.97. The molecule has 1 unspecified atom stereocenters. The van der Waals surface area contributed by atoms with E-state index in [2.05, 4.69) is 10.6 Å². The smallest absolute Gasteiger partial charge is 0.251 e. The highest BCUT2D eigenvalue weighted by molar-refractivity contribution is 5.94. The molecule has 6 nitrogen and oxygen atoms in total. The third kappa shape index (κ3) is 11.8. The summed E-state index contributed by atoms with van der Waals surface area (Å²) in [7, 11) is 3.92. The van der Waals surface area contributed by atoms with Crippen molar-refractivity contribution in [3.63, 3.8) is 0 Å². The van der Waals surface area contributed by atoms with Crippen LogP contribution in [0.3, 0.4) is 0 Å². The minimum absolute atomic E-state index is 0. The molecular formula is C17H30Cl2N4O2. The number of amides is 2. The van der Waals surface area contributed by atoms with Gasteiger partial charge in [-0.25, -0.2) is 0 Å². The normalized spacial score (nSPS) is 11.1. The minimum Gasteiger partial charge on any atom is -0.352 e. The lowest BCUT2D eigenvalue weighted by atomic mass is 10.1. The SMILES string of the molecule is CC(N)CCC(=O)NCc1cccc(C(=O)NCCN(C)C)c1.Cl.Cl. The van der Waals surface area contributed by atoms with E-state index in [9.17, 15) is 9.59 Å². The Hall–Kier alpha value is -1.34. The Morgan fingerprint density at radius 1 is 1.20 bits per heavy atom. The number of rotatable bonds is 9. The average molecular weight is 393 g/mol. The number of carbonyl (C=O) groups excluding carboxylic acids is 2. The quantitative estimate of drug-likeness (QED) is 0.594. The summed E-state index contributed by atoms with van der Waals surface area (Å²) in [6.07, 6.45) is 1.09. The second-order valence-corrected chi connectivity index (χ2v) is 6.05. The Balaban J connectivity index is 0. The Morgan fingerprint density at radius 2 is 1.88 bits per heavy atom. The van der Waals surface area contributed by atoms with Crippen LogP contribution in [0.15, 0.2) is 24.3 Å². The number of nitrogens with one attached hydrogen (secondary N) is 2. The van der Waals surface area contributed by atoms with Crippen molar-refractivity contribution in [2.75, 3.05) is 27.2 Å². The predicted octanol–water partition coefficient (Wildman–Crippen LogP) is 1.57. The number of carbonyl (C=O) groups is 2. The molecular weight excluding hydrogens is 363 g/mol. The molecule has 0 aliphatic heterocycles. The Morgan fingerprint density at radius 3 is 2.48 bits per heavy atom. The molecule has 0 aromatic heterocycles. The average Bonchev–Trinajstić information content (AvgIpc) is 2.50. The van der Waals surface area contributed by atoms with Gasteiger partial charge in [-0.15, -0.1) is 24.8 Å². The van der Waals surface area contributed by atoms with Crippen LogP contribution in [0.4, 0.5) is 0 Å². The molecule has 25 heavy (non-hydrogen) atoms. The van der Waals surface area contributed by atoms with E-state index in [4.69, 9.17) is 5.73 Å². The molecule has 0 radical (unpaired) electrons. The highest BCUT2D eigenvalue weighted by atomic mass is 35.5. The van der Waals surface area contributed by atoms with Gasteiger partial charge in [0, 0.05) is 37.7 Å². The van der Waals surface area contributed by atoms with Crippen LogP contribution in [0.2, 0.25) is 0 Å². The largest absolute Gasteiger partial charge is 0.352 e. The van der Waals surface area contributed by atoms with Crippen LogP contribution in [-0.4, -0.2) is 49.9 Å². The van der Waals surface area contributed by atoms with Gasteiger partial charge in [0.2, 0.25) is 5.91 Å². The molecule has 144 valence electrons. The van der Waals surface area contributed by atoms with Gasteiger partial charge in [-0.1, -0.05) is 12.1 Å². The number of benzene rings is 1. The van der Waals surface area contributed by atoms with Crippen molar-refractivity contribution < 1.29 is 9.59 Å². The third-order valence-electron chi connectivity index (χ3n) is 3.35. The van der Waals surface area contributed by atoms with Gasteiger partial charge in [-0.05, 0) is 45.1 Å². The van der Waals surface area contributed by atoms with Crippen LogP contribution in [0.5, 0.6) is 0 Å². The lowest BCUT2D eigenvalue weighted by Gasteiger charge is -2.11. The number of nitrogens with zero attached hydrogens (tertiary/aromatic N) is 1. The van der Waals surface area contributed by atoms with Crippen LogP contribution in [-0.2, 0) is 11.3 Å². The first-order valence-corrected chi connectivity index (χ1v) is 7.92. The van der Waals surface area contributed by atoms with E-state index in [1.165, 1.54) is 0 Å². The third-order valence-corrected chi connectivity index (χ3v) is 3.35. The van der Waals surface area contributed by atoms with Crippen LogP contribution in [0.1, 0.15) is 35.7 Å². The molecule has 1 aromatic rings. The molecule has 0 aliphatic carbocycles. The molecule has 1 aromatic carbocycles. The standard InChI is InChI=1S/C17H28N4O2.2ClH/c1-13(18)7-8-16(22)20-12-14-5-4-6-15(11-14)17(23)19-9-10-21(2)3;;/h4-6,11,13H,7-10,12,18H2,1-3H3,(H,19,23)(H,20,22);2*1H. The Bertz CT molecular complexity index is 525. The molecule has 2 amide bonds. The number of hydrogen-bond donors (Lipinski definition) is 3. The molecule has 0 heterocycles. The summed E-state index contributed by atoms with van der Waals surface area (Å²) in [5.74, 6) is -0.125. The van der Waals surface area contributed by atoms with Crippen molar-refractivity contribution in [3.8, 4) is 0 Å². The first kappa shape index (κ1) is 25.9. The second-order valence-electron chi connectivity index (χ2n) is 6.05. The molecule has 1 atom stereocenters. The van der Waals surface area contributed by atoms with E-state index < -0.39 is 0 Å². The zero-order valence-electron chi connectivity index (χ0n) is 15.1. The monoisotopic (exact) mass is 392 g/mol. The molecule has 0 saturated heterocycles. The van der Waals surface area contributed by atoms with Gasteiger partial charge in [0.05, 0.1) is 0 Å². The lowest BCUT2D eigenvalue weighted by molar-refractivity contribution is -0.121. The maximum Gasteiger partial charge on any atom is 0.251 e. The van der Waals surface area contributed by atoms with Crippen molar-refractivity contribution in [1.29, 1.82) is 0 Å². The fourth-order valence-electron chi connectivity index (χ4n) is 1.97. The van der Waals surface area contributed by atoms with Crippen LogP contribution in [0, 0.1) is 0 Å². The molecule has 8 heteroatoms. The molecule has 0 fully saturated rings. The predicted molar refractivity (Wildman–Crippen MR) is 107 cm³/mol. The van der Waals surface area contributed by atoms with E-state index in [-0.39, 0.29) is 42.7 Å². The summed E-state index contributed by atoms with van der Waals surface area (Å²) in [5.41, 5.74) is 7.14. The van der Waals surface area contributed by atoms with E-state index >= 15 is 0 Å². The van der Waals surface area contributed by atoms with Gasteiger partial charge in [-0.3, -0.25) is 9.59 Å². The van der Waals surface area contributed by atoms with E-state index in [1.54, 1.807) is 12.1 Å². The first-order valence-electron chi connectivity index (χ1n) is 7.92. The zero-order valence-corrected chi connectivity index (χ0v) is 16.7. The Labute approximate surface area is 162 Å². The van der Waals surface area contributed by atoms with Crippen molar-refractivity contribution in [2.45, 2.75) is 32.4 Å². The molecule has 0 saturated carbocycles. The van der Waals surface area contributed by atoms with Crippen LogP contribution < -0.4 is 16.4 Å². The van der Waals surface area contributed by atoms with Crippen LogP contribution in [0.25, 0.3) is 0 Å². The summed E-state index contributed by atoms with van der Waals surface area (Å²) in [5, 5.41) is 5.72. The summed E-state index contributed by atoms with van der Waals surface area (Å²) < 4.78 is 0. The van der Waals surface area contributed by atoms with E-state index in [1.807, 2.05) is 38.1 Å². The maximum absolute atomic E-state index is 12.1. The number of hydrogen-bond acceptors (Lipinski definition) is 4. The van der Waals surface area contributed by atoms with E-state index in [0.29, 0.717) is 31.5 Å². The summed E-state index contributed by atoms with van der Waals surface area (Å²) >= 11 is 0. The van der Waals surface area contributed by atoms with E-state index in [0.717, 1.165) is 12.1 Å². The molecule has 0 bridgehead atoms. The summed E-state index contributed by atoms with van der Waals surface area (Å²) in [6, 6.07) is 7.31. The summed E-state index contributed by atoms with van der Waals surface area (Å²) in [6.45, 7) is 3.69. The van der Waals surface area contributed by atoms with Gasteiger partial charge in [-0.2, -0.15) is 0 Å². The molecule has 4 N–H and O–H groups in total. The van der Waals surface area contributed by atoms with Gasteiger partial charge < -0.3 is 21.3 Å². The number of likely N-dealkylation sites (N-methyl/N-ethyl adjacent to an activating group) is 1. The first-order chi connectivity index (χ1) is 10.9. The number of halogens is 2. The molecule has 0 aliphatic rings. The maximum atomic E-state index is 12.1. The Kier molecular flexibility index (Phi) is 14.4. The van der Waals surface area contributed by atoms with Gasteiger partial charge in [0.25, 0.3) is 5.91 Å². The fraction of sp³-hybridized carbons (Fsp3) is 0.529. The van der Waals surface area contributed by atoms with Gasteiger partial charge >= 0.3 is 0 Å². The molecule has 1 rings (SSSR count). The lowest BCUT2D eigenvalue weighted by Crippen LogP contribution is -2.31. The molecule has 0 spiro atoms. The summed E-state index contributed by atoms with van der Waals surface area (Å²) in [4.78, 5) is 25.8. The number of nitrogens with two attached hydrogens (primary N) is 1. The minimum atomic E-state index is -0.100. The van der Waals surface area contributed by atoms with Crippen molar-refractivity contribution >= 4 is 36.6 Å². The van der Waals surface area contributed by atoms with Gasteiger partial charge in [0.15, 0.2) is 0 Å². The highest BCUT2D eigenvalue weighted by Crippen LogP contribution is 2.05. The van der Waals surface area contributed by atoms with Crippen molar-refractivity contribution in [3.05, 3.63) is 35.4 Å². The zero-order chi connectivity index (χ0) is 17.2. The topological polar surface area (TPSA) is 87.5 Å². The van der Waals surface area contributed by atoms with Crippen LogP contribution >= 0.6 is 24.8 Å². The second kappa shape index (κ2) is 13.9. The highest BCUT2D eigenvalue weighted by Gasteiger charge is 2.07. The van der Waals surface area contributed by atoms with Crippen molar-refractivity contribution in [2.24, 2.45) is 5.73 Å². The van der Waals surface area contributed by atoms with Gasteiger partial charge in [0.1, 0.15) is 0 Å². The van der Waals surface area contributed by atoms with Crippen molar-refractivity contribution in [1.82, 2.24) is 15.5 Å².